The van der Waals surface area contributed by atoms with Crippen molar-refractivity contribution in [2.45, 2.75) is 45.6 Å². The van der Waals surface area contributed by atoms with Crippen molar-refractivity contribution in [1.29, 1.82) is 0 Å². The summed E-state index contributed by atoms with van der Waals surface area (Å²) in [7, 11) is 0. The van der Waals surface area contributed by atoms with E-state index in [2.05, 4.69) is 10.3 Å². The molecule has 0 saturated heterocycles. The third kappa shape index (κ3) is 2.25. The molecule has 0 spiro atoms. The summed E-state index contributed by atoms with van der Waals surface area (Å²) in [5, 5.41) is 12.0. The first-order chi connectivity index (χ1) is 8.50. The van der Waals surface area contributed by atoms with Gasteiger partial charge in [0.2, 0.25) is 0 Å². The van der Waals surface area contributed by atoms with Crippen LogP contribution in [-0.4, -0.2) is 28.0 Å². The zero-order chi connectivity index (χ0) is 13.3. The van der Waals surface area contributed by atoms with Gasteiger partial charge in [0.15, 0.2) is 0 Å². The van der Waals surface area contributed by atoms with Gasteiger partial charge in [-0.1, -0.05) is 12.8 Å². The maximum atomic E-state index is 12.2. The lowest BCUT2D eigenvalue weighted by atomic mass is 10.1. The highest BCUT2D eigenvalue weighted by atomic mass is 16.4. The second-order valence-electron chi connectivity index (χ2n) is 4.88. The van der Waals surface area contributed by atoms with Gasteiger partial charge in [-0.25, -0.2) is 4.79 Å². The molecule has 0 aliphatic heterocycles. The summed E-state index contributed by atoms with van der Waals surface area (Å²) in [5.74, 6) is -1.20. The van der Waals surface area contributed by atoms with Crippen LogP contribution in [-0.2, 0) is 0 Å². The summed E-state index contributed by atoms with van der Waals surface area (Å²) < 4.78 is 0. The molecular formula is C13H18N2O3. The molecule has 5 nitrogen and oxygen atoms in total. The van der Waals surface area contributed by atoms with E-state index in [9.17, 15) is 9.59 Å². The number of aromatic nitrogens is 1. The highest BCUT2D eigenvalue weighted by Gasteiger charge is 2.24. The maximum absolute atomic E-state index is 12.2. The average molecular weight is 250 g/mol. The van der Waals surface area contributed by atoms with E-state index in [1.165, 1.54) is 0 Å². The highest BCUT2D eigenvalue weighted by molar-refractivity contribution is 6.00. The topological polar surface area (TPSA) is 82.2 Å². The molecule has 1 fully saturated rings. The molecule has 1 aromatic rings. The summed E-state index contributed by atoms with van der Waals surface area (Å²) in [5.41, 5.74) is 1.69. The Morgan fingerprint density at radius 2 is 1.89 bits per heavy atom. The number of carboxylic acid groups (broad SMARTS) is 1. The molecule has 0 atom stereocenters. The van der Waals surface area contributed by atoms with E-state index < -0.39 is 5.97 Å². The molecule has 0 radical (unpaired) electrons. The van der Waals surface area contributed by atoms with Gasteiger partial charge in [0.25, 0.3) is 5.91 Å². The van der Waals surface area contributed by atoms with Crippen molar-refractivity contribution in [1.82, 2.24) is 10.3 Å². The minimum absolute atomic E-state index is 0.101. The number of amides is 1. The number of carbonyl (C=O) groups excluding carboxylic acids is 1. The Labute approximate surface area is 106 Å². The summed E-state index contributed by atoms with van der Waals surface area (Å²) in [4.78, 5) is 25.9. The van der Waals surface area contributed by atoms with E-state index in [4.69, 9.17) is 5.11 Å². The first-order valence-electron chi connectivity index (χ1n) is 6.24. The lowest BCUT2D eigenvalue weighted by molar-refractivity contribution is 0.0690. The van der Waals surface area contributed by atoms with Crippen molar-refractivity contribution in [3.8, 4) is 0 Å². The monoisotopic (exact) mass is 250 g/mol. The number of aryl methyl sites for hydroxylation is 1. The summed E-state index contributed by atoms with van der Waals surface area (Å²) in [6.45, 7) is 3.39. The third-order valence-electron chi connectivity index (χ3n) is 3.57. The zero-order valence-corrected chi connectivity index (χ0v) is 10.7. The van der Waals surface area contributed by atoms with E-state index >= 15 is 0 Å². The Morgan fingerprint density at radius 1 is 1.28 bits per heavy atom. The number of carbonyl (C=O) groups is 2. The van der Waals surface area contributed by atoms with Gasteiger partial charge in [0.05, 0.1) is 5.56 Å². The molecule has 98 valence electrons. The van der Waals surface area contributed by atoms with Crippen molar-refractivity contribution in [2.75, 3.05) is 0 Å². The Hall–Kier alpha value is -1.78. The Morgan fingerprint density at radius 3 is 2.39 bits per heavy atom. The van der Waals surface area contributed by atoms with Crippen LogP contribution in [0.4, 0.5) is 0 Å². The van der Waals surface area contributed by atoms with Gasteiger partial charge in [-0.15, -0.1) is 0 Å². The number of hydrogen-bond donors (Lipinski definition) is 3. The van der Waals surface area contributed by atoms with Crippen LogP contribution in [0.15, 0.2) is 0 Å². The Bertz CT molecular complexity index is 485. The van der Waals surface area contributed by atoms with E-state index in [1.807, 2.05) is 0 Å². The summed E-state index contributed by atoms with van der Waals surface area (Å²) in [6, 6.07) is 0.236. The van der Waals surface area contributed by atoms with Crippen molar-refractivity contribution in [3.63, 3.8) is 0 Å². The van der Waals surface area contributed by atoms with Crippen LogP contribution >= 0.6 is 0 Å². The third-order valence-corrected chi connectivity index (χ3v) is 3.57. The van der Waals surface area contributed by atoms with Gasteiger partial charge < -0.3 is 15.4 Å². The Kier molecular flexibility index (Phi) is 3.41. The van der Waals surface area contributed by atoms with Crippen LogP contribution < -0.4 is 5.32 Å². The van der Waals surface area contributed by atoms with Crippen LogP contribution in [0.5, 0.6) is 0 Å². The molecule has 3 N–H and O–H groups in total. The standard InChI is InChI=1S/C13H18N2O3/c1-7-10(8(2)14-11(7)13(17)18)12(16)15-9-5-3-4-6-9/h9,14H,3-6H2,1-2H3,(H,15,16)(H,17,18). The van der Waals surface area contributed by atoms with Gasteiger partial charge in [0.1, 0.15) is 5.69 Å². The highest BCUT2D eigenvalue weighted by Crippen LogP contribution is 2.21. The van der Waals surface area contributed by atoms with Gasteiger partial charge in [0, 0.05) is 11.7 Å². The number of hydrogen-bond acceptors (Lipinski definition) is 2. The van der Waals surface area contributed by atoms with E-state index in [0.717, 1.165) is 25.7 Å². The lowest BCUT2D eigenvalue weighted by Crippen LogP contribution is -2.33. The van der Waals surface area contributed by atoms with Crippen LogP contribution in [0.2, 0.25) is 0 Å². The fraction of sp³-hybridized carbons (Fsp3) is 0.538. The second-order valence-corrected chi connectivity index (χ2v) is 4.88. The first-order valence-corrected chi connectivity index (χ1v) is 6.24. The van der Waals surface area contributed by atoms with Crippen LogP contribution in [0.1, 0.15) is 57.8 Å². The fourth-order valence-corrected chi connectivity index (χ4v) is 2.63. The molecule has 1 amide bonds. The summed E-state index contributed by atoms with van der Waals surface area (Å²) >= 11 is 0. The number of H-pyrrole nitrogens is 1. The smallest absolute Gasteiger partial charge is 0.352 e. The maximum Gasteiger partial charge on any atom is 0.352 e. The van der Waals surface area contributed by atoms with E-state index in [1.54, 1.807) is 13.8 Å². The number of rotatable bonds is 3. The fourth-order valence-electron chi connectivity index (χ4n) is 2.63. The van der Waals surface area contributed by atoms with Gasteiger partial charge in [-0.3, -0.25) is 4.79 Å². The molecule has 1 aliphatic rings. The second kappa shape index (κ2) is 4.84. The van der Waals surface area contributed by atoms with Crippen LogP contribution in [0.25, 0.3) is 0 Å². The SMILES string of the molecule is Cc1[nH]c(C(=O)O)c(C)c1C(=O)NC1CCCC1. The largest absolute Gasteiger partial charge is 0.477 e. The molecule has 5 heteroatoms. The molecule has 2 rings (SSSR count). The van der Waals surface area contributed by atoms with Gasteiger partial charge >= 0.3 is 5.97 Å². The van der Waals surface area contributed by atoms with E-state index in [-0.39, 0.29) is 17.6 Å². The molecule has 18 heavy (non-hydrogen) atoms. The molecule has 0 bridgehead atoms. The minimum Gasteiger partial charge on any atom is -0.477 e. The molecule has 1 saturated carbocycles. The number of nitrogens with one attached hydrogen (secondary N) is 2. The number of carboxylic acids is 1. The lowest BCUT2D eigenvalue weighted by Gasteiger charge is -2.12. The predicted molar refractivity (Wildman–Crippen MR) is 66.9 cm³/mol. The first kappa shape index (κ1) is 12.7. The minimum atomic E-state index is -1.03. The van der Waals surface area contributed by atoms with Gasteiger partial charge in [-0.2, -0.15) is 0 Å². The zero-order valence-electron chi connectivity index (χ0n) is 10.7. The van der Waals surface area contributed by atoms with Crippen molar-refractivity contribution < 1.29 is 14.7 Å². The van der Waals surface area contributed by atoms with Crippen LogP contribution in [0, 0.1) is 13.8 Å². The molecule has 0 unspecified atom stereocenters. The van der Waals surface area contributed by atoms with Crippen LogP contribution in [0.3, 0.4) is 0 Å². The predicted octanol–water partition coefficient (Wildman–Crippen LogP) is 2.00. The van der Waals surface area contributed by atoms with Crippen molar-refractivity contribution in [2.24, 2.45) is 0 Å². The molecule has 1 heterocycles. The number of aromatic carboxylic acids is 1. The summed E-state index contributed by atoms with van der Waals surface area (Å²) in [6.07, 6.45) is 4.33. The van der Waals surface area contributed by atoms with E-state index in [0.29, 0.717) is 16.8 Å². The van der Waals surface area contributed by atoms with Crippen molar-refractivity contribution >= 4 is 11.9 Å². The molecule has 1 aliphatic carbocycles. The van der Waals surface area contributed by atoms with Crippen molar-refractivity contribution in [3.05, 3.63) is 22.5 Å². The molecule has 0 aromatic carbocycles. The normalized spacial score (nSPS) is 15.9. The number of aromatic amines is 1. The quantitative estimate of drug-likeness (QED) is 0.767. The Balaban J connectivity index is 2.21. The molecule has 1 aromatic heterocycles. The molecular weight excluding hydrogens is 232 g/mol. The average Bonchev–Trinajstić information content (AvgIpc) is 2.86. The van der Waals surface area contributed by atoms with Gasteiger partial charge in [-0.05, 0) is 32.3 Å².